The van der Waals surface area contributed by atoms with E-state index in [1.165, 1.54) is 0 Å². The zero-order valence-corrected chi connectivity index (χ0v) is 11.9. The van der Waals surface area contributed by atoms with Crippen LogP contribution in [0.1, 0.15) is 25.5 Å². The Morgan fingerprint density at radius 3 is 2.47 bits per heavy atom. The molecule has 0 spiro atoms. The van der Waals surface area contributed by atoms with Crippen LogP contribution in [0.3, 0.4) is 0 Å². The number of aliphatic hydroxyl groups excluding tert-OH is 1. The molecular weight excluding hydrogens is 307 g/mol. The first-order chi connectivity index (χ1) is 7.84. The van der Waals surface area contributed by atoms with Crippen molar-refractivity contribution in [3.8, 4) is 0 Å². The van der Waals surface area contributed by atoms with Crippen LogP contribution in [-0.2, 0) is 4.79 Å². The number of benzene rings is 1. The Labute approximate surface area is 114 Å². The number of hydrogen-bond acceptors (Lipinski definition) is 2. The Morgan fingerprint density at radius 2 is 2.00 bits per heavy atom. The molecule has 0 amide bonds. The molecule has 0 aliphatic rings. The van der Waals surface area contributed by atoms with Gasteiger partial charge in [-0.1, -0.05) is 47.4 Å². The van der Waals surface area contributed by atoms with Gasteiger partial charge in [0.05, 0.1) is 12.0 Å². The monoisotopic (exact) mass is 320 g/mol. The predicted octanol–water partition coefficient (Wildman–Crippen LogP) is 3.49. The molecule has 1 aromatic carbocycles. The van der Waals surface area contributed by atoms with E-state index in [9.17, 15) is 9.90 Å². The molecule has 0 saturated carbocycles. The minimum Gasteiger partial charge on any atom is -0.481 e. The second-order valence-corrected chi connectivity index (χ2v) is 5.42. The van der Waals surface area contributed by atoms with Crippen molar-refractivity contribution in [3.05, 3.63) is 33.3 Å². The minimum absolute atomic E-state index is 0.411. The number of halogens is 2. The molecule has 0 aromatic heterocycles. The molecule has 0 aliphatic carbocycles. The highest BCUT2D eigenvalue weighted by Gasteiger charge is 2.28. The fraction of sp³-hybridized carbons (Fsp3) is 0.417. The SMILES string of the molecule is CC(C(=O)O)C(C)C(O)c1ccc(Br)cc1Cl. The maximum absolute atomic E-state index is 10.9. The topological polar surface area (TPSA) is 57.5 Å². The van der Waals surface area contributed by atoms with Crippen molar-refractivity contribution in [1.29, 1.82) is 0 Å². The van der Waals surface area contributed by atoms with E-state index in [0.29, 0.717) is 10.6 Å². The lowest BCUT2D eigenvalue weighted by atomic mass is 9.87. The third-order valence-corrected chi connectivity index (χ3v) is 3.78. The highest BCUT2D eigenvalue weighted by molar-refractivity contribution is 9.10. The van der Waals surface area contributed by atoms with Crippen molar-refractivity contribution in [3.63, 3.8) is 0 Å². The normalized spacial score (nSPS) is 16.3. The molecule has 0 heterocycles. The molecule has 0 saturated heterocycles. The van der Waals surface area contributed by atoms with Gasteiger partial charge in [-0.2, -0.15) is 0 Å². The zero-order valence-electron chi connectivity index (χ0n) is 9.52. The molecule has 0 fully saturated rings. The van der Waals surface area contributed by atoms with Gasteiger partial charge in [-0.05, 0) is 23.6 Å². The molecule has 1 rings (SSSR count). The quantitative estimate of drug-likeness (QED) is 0.892. The van der Waals surface area contributed by atoms with E-state index in [-0.39, 0.29) is 0 Å². The lowest BCUT2D eigenvalue weighted by Gasteiger charge is -2.23. The number of aliphatic carboxylic acids is 1. The highest BCUT2D eigenvalue weighted by Crippen LogP contribution is 2.33. The summed E-state index contributed by atoms with van der Waals surface area (Å²) in [5.41, 5.74) is 0.551. The van der Waals surface area contributed by atoms with Crippen LogP contribution in [0.15, 0.2) is 22.7 Å². The second-order valence-electron chi connectivity index (χ2n) is 4.10. The van der Waals surface area contributed by atoms with Crippen molar-refractivity contribution >= 4 is 33.5 Å². The zero-order chi connectivity index (χ0) is 13.2. The van der Waals surface area contributed by atoms with E-state index in [4.69, 9.17) is 16.7 Å². The smallest absolute Gasteiger partial charge is 0.306 e. The standard InChI is InChI=1S/C12H14BrClO3/c1-6(7(2)12(16)17)11(15)9-4-3-8(13)5-10(9)14/h3-7,11,15H,1-2H3,(H,16,17). The van der Waals surface area contributed by atoms with E-state index in [2.05, 4.69) is 15.9 Å². The first-order valence-electron chi connectivity index (χ1n) is 5.20. The third kappa shape index (κ3) is 3.44. The summed E-state index contributed by atoms with van der Waals surface area (Å²) in [6.45, 7) is 3.27. The van der Waals surface area contributed by atoms with Gasteiger partial charge in [0.25, 0.3) is 0 Å². The number of aliphatic hydroxyl groups is 1. The van der Waals surface area contributed by atoms with Crippen LogP contribution in [0, 0.1) is 11.8 Å². The number of rotatable bonds is 4. The molecule has 3 nitrogen and oxygen atoms in total. The summed E-state index contributed by atoms with van der Waals surface area (Å²) < 4.78 is 0.817. The fourth-order valence-electron chi connectivity index (χ4n) is 1.52. The molecule has 2 N–H and O–H groups in total. The molecule has 3 atom stereocenters. The maximum Gasteiger partial charge on any atom is 0.306 e. The molecule has 5 heteroatoms. The average molecular weight is 322 g/mol. The first-order valence-corrected chi connectivity index (χ1v) is 6.37. The van der Waals surface area contributed by atoms with Crippen LogP contribution in [-0.4, -0.2) is 16.2 Å². The maximum atomic E-state index is 10.9. The van der Waals surface area contributed by atoms with Crippen molar-refractivity contribution in [1.82, 2.24) is 0 Å². The van der Waals surface area contributed by atoms with Gasteiger partial charge in [-0.3, -0.25) is 4.79 Å². The van der Waals surface area contributed by atoms with Gasteiger partial charge in [0.1, 0.15) is 0 Å². The van der Waals surface area contributed by atoms with Crippen LogP contribution in [0.4, 0.5) is 0 Å². The number of carbonyl (C=O) groups is 1. The Hall–Kier alpha value is -0.580. The summed E-state index contributed by atoms with van der Waals surface area (Å²) in [6.07, 6.45) is -0.887. The van der Waals surface area contributed by atoms with Gasteiger partial charge in [0.2, 0.25) is 0 Å². The predicted molar refractivity (Wildman–Crippen MR) is 70.1 cm³/mol. The molecule has 1 aromatic rings. The number of hydrogen-bond donors (Lipinski definition) is 2. The number of carboxylic acids is 1. The van der Waals surface area contributed by atoms with Gasteiger partial charge in [0.15, 0.2) is 0 Å². The Balaban J connectivity index is 2.96. The van der Waals surface area contributed by atoms with Crippen LogP contribution in [0.25, 0.3) is 0 Å². The lowest BCUT2D eigenvalue weighted by molar-refractivity contribution is -0.144. The van der Waals surface area contributed by atoms with E-state index in [1.54, 1.807) is 32.0 Å². The van der Waals surface area contributed by atoms with Crippen LogP contribution >= 0.6 is 27.5 Å². The molecule has 0 radical (unpaired) electrons. The summed E-state index contributed by atoms with van der Waals surface area (Å²) in [4.78, 5) is 10.9. The third-order valence-electron chi connectivity index (χ3n) is 2.96. The van der Waals surface area contributed by atoms with Crippen molar-refractivity contribution in [2.24, 2.45) is 11.8 Å². The summed E-state index contributed by atoms with van der Waals surface area (Å²) in [5.74, 6) is -1.97. The summed E-state index contributed by atoms with van der Waals surface area (Å²) in [6, 6.07) is 5.14. The molecule has 17 heavy (non-hydrogen) atoms. The largest absolute Gasteiger partial charge is 0.481 e. The fourth-order valence-corrected chi connectivity index (χ4v) is 2.31. The van der Waals surface area contributed by atoms with E-state index in [0.717, 1.165) is 4.47 Å². The number of carboxylic acid groups (broad SMARTS) is 1. The molecule has 0 bridgehead atoms. The van der Waals surface area contributed by atoms with Crippen molar-refractivity contribution in [2.45, 2.75) is 20.0 Å². The van der Waals surface area contributed by atoms with E-state index >= 15 is 0 Å². The average Bonchev–Trinajstić information content (AvgIpc) is 2.26. The highest BCUT2D eigenvalue weighted by atomic mass is 79.9. The van der Waals surface area contributed by atoms with Gasteiger partial charge >= 0.3 is 5.97 Å². The van der Waals surface area contributed by atoms with Crippen LogP contribution in [0.2, 0.25) is 5.02 Å². The Kier molecular flexibility index (Phi) is 4.98. The lowest BCUT2D eigenvalue weighted by Crippen LogP contribution is -2.24. The first kappa shape index (κ1) is 14.5. The van der Waals surface area contributed by atoms with Crippen molar-refractivity contribution in [2.75, 3.05) is 0 Å². The van der Waals surface area contributed by atoms with Gasteiger partial charge in [-0.15, -0.1) is 0 Å². The van der Waals surface area contributed by atoms with Crippen LogP contribution < -0.4 is 0 Å². The summed E-state index contributed by atoms with van der Waals surface area (Å²) in [7, 11) is 0. The molecule has 3 unspecified atom stereocenters. The van der Waals surface area contributed by atoms with Gasteiger partial charge in [0, 0.05) is 9.50 Å². The molecule has 0 aliphatic heterocycles. The van der Waals surface area contributed by atoms with Crippen LogP contribution in [0.5, 0.6) is 0 Å². The van der Waals surface area contributed by atoms with Gasteiger partial charge in [-0.25, -0.2) is 0 Å². The Morgan fingerprint density at radius 1 is 1.41 bits per heavy atom. The van der Waals surface area contributed by atoms with Gasteiger partial charge < -0.3 is 10.2 Å². The van der Waals surface area contributed by atoms with E-state index < -0.39 is 23.9 Å². The second kappa shape index (κ2) is 5.85. The minimum atomic E-state index is -0.926. The van der Waals surface area contributed by atoms with Crippen molar-refractivity contribution < 1.29 is 15.0 Å². The molecule has 94 valence electrons. The summed E-state index contributed by atoms with van der Waals surface area (Å²) in [5, 5.41) is 19.5. The summed E-state index contributed by atoms with van der Waals surface area (Å²) >= 11 is 9.29. The van der Waals surface area contributed by atoms with E-state index in [1.807, 2.05) is 0 Å². The molecular formula is C12H14BrClO3. The Bertz CT molecular complexity index is 422.